The van der Waals surface area contributed by atoms with E-state index in [9.17, 15) is 19.1 Å². The van der Waals surface area contributed by atoms with E-state index in [1.165, 1.54) is 47.2 Å². The van der Waals surface area contributed by atoms with Crippen molar-refractivity contribution in [2.24, 2.45) is 0 Å². The Balaban J connectivity index is 1.38. The molecule has 6 rings (SSSR count). The minimum absolute atomic E-state index is 0.0764. The Bertz CT molecular complexity index is 2020. The highest BCUT2D eigenvalue weighted by molar-refractivity contribution is 8.00. The van der Waals surface area contributed by atoms with Gasteiger partial charge in [0.2, 0.25) is 5.13 Å². The lowest BCUT2D eigenvalue weighted by atomic mass is 9.94. The Labute approximate surface area is 286 Å². The fourth-order valence-corrected chi connectivity index (χ4v) is 7.54. The summed E-state index contributed by atoms with van der Waals surface area (Å²) < 4.78 is 26.8. The van der Waals surface area contributed by atoms with Crippen LogP contribution in [-0.4, -0.2) is 40.7 Å². The van der Waals surface area contributed by atoms with Crippen LogP contribution in [0.1, 0.15) is 54.5 Å². The minimum atomic E-state index is -1.10. The highest BCUT2D eigenvalue weighted by Gasteiger charge is 2.48. The van der Waals surface area contributed by atoms with E-state index < -0.39 is 29.3 Å². The van der Waals surface area contributed by atoms with Gasteiger partial charge in [0, 0.05) is 11.3 Å². The summed E-state index contributed by atoms with van der Waals surface area (Å²) in [5, 5.41) is 22.6. The zero-order valence-corrected chi connectivity index (χ0v) is 28.4. The van der Waals surface area contributed by atoms with Gasteiger partial charge in [0.05, 0.1) is 25.3 Å². The molecule has 0 radical (unpaired) electrons. The van der Waals surface area contributed by atoms with Crippen molar-refractivity contribution in [3.05, 3.63) is 113 Å². The first-order chi connectivity index (χ1) is 23.3. The van der Waals surface area contributed by atoms with Crippen LogP contribution in [0.5, 0.6) is 11.5 Å². The van der Waals surface area contributed by atoms with E-state index >= 15 is 0 Å². The zero-order valence-electron chi connectivity index (χ0n) is 26.7. The van der Waals surface area contributed by atoms with E-state index in [-0.39, 0.29) is 16.3 Å². The van der Waals surface area contributed by atoms with E-state index in [2.05, 4.69) is 41.4 Å². The summed E-state index contributed by atoms with van der Waals surface area (Å²) in [7, 11) is 1.51. The molecule has 0 spiro atoms. The molecule has 4 aromatic carbocycles. The molecular weight excluding hydrogens is 650 g/mol. The number of fused-ring (bicyclic) bond motifs is 1. The van der Waals surface area contributed by atoms with E-state index in [1.807, 2.05) is 18.2 Å². The number of hydrogen-bond acceptors (Lipinski definition) is 9. The Hall–Kier alpha value is -4.74. The monoisotopic (exact) mass is 683 g/mol. The Morgan fingerprint density at radius 3 is 2.60 bits per heavy atom. The summed E-state index contributed by atoms with van der Waals surface area (Å²) in [6.45, 7) is 4.22. The molecule has 0 bridgehead atoms. The molecule has 1 atom stereocenters. The molecule has 1 aliphatic heterocycles. The molecule has 1 amide bonds. The number of benzene rings is 4. The second-order valence-electron chi connectivity index (χ2n) is 11.4. The first kappa shape index (κ1) is 33.2. The number of ketones is 1. The molecule has 2 heterocycles. The van der Waals surface area contributed by atoms with Gasteiger partial charge < -0.3 is 14.6 Å². The number of halogens is 1. The number of rotatable bonds is 12. The number of aromatic nitrogens is 2. The van der Waals surface area contributed by atoms with Crippen molar-refractivity contribution in [1.29, 1.82) is 0 Å². The standard InChI is InChI=1S/C37H34FN3O5S2/c1-4-5-8-18-46-29-17-16-24(20-30(29)45-3)32-31(33(42)25-15-14-22(2)28(38)19-25)34(43)35(44)41(32)36-39-40-37(48-36)47-21-26-12-9-11-23-10-6-7-13-27(23)26/h6-7,9-17,19-20,32,42H,4-5,8,18,21H2,1-3H3/b33-31-. The lowest BCUT2D eigenvalue weighted by Crippen LogP contribution is -2.29. The summed E-state index contributed by atoms with van der Waals surface area (Å²) in [6.07, 6.45) is 2.96. The van der Waals surface area contributed by atoms with E-state index in [0.29, 0.717) is 39.3 Å². The van der Waals surface area contributed by atoms with Crippen molar-refractivity contribution < 1.29 is 28.6 Å². The van der Waals surface area contributed by atoms with Gasteiger partial charge in [-0.05, 0) is 59.0 Å². The van der Waals surface area contributed by atoms with Crippen molar-refractivity contribution in [3.8, 4) is 11.5 Å². The van der Waals surface area contributed by atoms with Gasteiger partial charge in [0.25, 0.3) is 5.78 Å². The molecular formula is C37H34FN3O5S2. The average Bonchev–Trinajstić information content (AvgIpc) is 3.68. The Kier molecular flexibility index (Phi) is 10.1. The molecule has 11 heteroatoms. The number of nitrogens with zero attached hydrogens (tertiary/aromatic N) is 3. The Morgan fingerprint density at radius 2 is 1.81 bits per heavy atom. The first-order valence-electron chi connectivity index (χ1n) is 15.6. The fraction of sp³-hybridized carbons (Fsp3) is 0.243. The number of carbonyl (C=O) groups excluding carboxylic acids is 2. The number of hydrogen-bond donors (Lipinski definition) is 1. The summed E-state index contributed by atoms with van der Waals surface area (Å²) >= 11 is 2.65. The number of methoxy groups -OCH3 is 1. The van der Waals surface area contributed by atoms with Crippen LogP contribution in [0, 0.1) is 12.7 Å². The van der Waals surface area contributed by atoms with Crippen LogP contribution in [0.3, 0.4) is 0 Å². The molecule has 0 aliphatic carbocycles. The number of anilines is 1. The number of amides is 1. The van der Waals surface area contributed by atoms with Gasteiger partial charge >= 0.3 is 5.91 Å². The van der Waals surface area contributed by atoms with Crippen LogP contribution >= 0.6 is 23.1 Å². The lowest BCUT2D eigenvalue weighted by molar-refractivity contribution is -0.132. The summed E-state index contributed by atoms with van der Waals surface area (Å²) in [4.78, 5) is 28.7. The first-order valence-corrected chi connectivity index (χ1v) is 17.4. The smallest absolute Gasteiger partial charge is 0.301 e. The van der Waals surface area contributed by atoms with E-state index in [0.717, 1.165) is 41.7 Å². The molecule has 246 valence electrons. The second-order valence-corrected chi connectivity index (χ2v) is 13.6. The summed E-state index contributed by atoms with van der Waals surface area (Å²) in [5.74, 6) is -1.31. The third-order valence-electron chi connectivity index (χ3n) is 8.23. The van der Waals surface area contributed by atoms with Gasteiger partial charge in [-0.25, -0.2) is 4.39 Å². The van der Waals surface area contributed by atoms with Crippen LogP contribution in [0.25, 0.3) is 16.5 Å². The van der Waals surface area contributed by atoms with Crippen molar-refractivity contribution >= 4 is 56.5 Å². The predicted molar refractivity (Wildman–Crippen MR) is 187 cm³/mol. The van der Waals surface area contributed by atoms with Gasteiger partial charge in [0.15, 0.2) is 15.8 Å². The van der Waals surface area contributed by atoms with Crippen LogP contribution in [0.2, 0.25) is 0 Å². The van der Waals surface area contributed by atoms with Gasteiger partial charge in [-0.1, -0.05) is 104 Å². The molecule has 0 saturated carbocycles. The fourth-order valence-electron chi connectivity index (χ4n) is 5.66. The molecule has 1 saturated heterocycles. The maximum atomic E-state index is 14.6. The summed E-state index contributed by atoms with van der Waals surface area (Å²) in [5.41, 5.74) is 1.87. The van der Waals surface area contributed by atoms with Crippen molar-refractivity contribution in [2.45, 2.75) is 49.2 Å². The number of Topliss-reactive ketones (excluding diaryl/α,β-unsaturated/α-hetero) is 1. The maximum absolute atomic E-state index is 14.6. The van der Waals surface area contributed by atoms with Crippen LogP contribution < -0.4 is 14.4 Å². The molecule has 1 unspecified atom stereocenters. The number of thioether (sulfide) groups is 1. The molecule has 48 heavy (non-hydrogen) atoms. The number of carbonyl (C=O) groups is 2. The SMILES string of the molecule is CCCCCOc1ccc(C2/C(=C(/O)c3ccc(C)c(F)c3)C(=O)C(=O)N2c2nnc(SCc3cccc4ccccc34)s2)cc1OC. The van der Waals surface area contributed by atoms with Gasteiger partial charge in [-0.2, -0.15) is 0 Å². The molecule has 1 fully saturated rings. The maximum Gasteiger partial charge on any atom is 0.301 e. The molecule has 1 N–H and O–H groups in total. The number of ether oxygens (including phenoxy) is 2. The average molecular weight is 684 g/mol. The van der Waals surface area contributed by atoms with Crippen LogP contribution in [0.4, 0.5) is 9.52 Å². The van der Waals surface area contributed by atoms with E-state index in [1.54, 1.807) is 25.1 Å². The second kappa shape index (κ2) is 14.6. The predicted octanol–water partition coefficient (Wildman–Crippen LogP) is 8.64. The van der Waals surface area contributed by atoms with Crippen LogP contribution in [-0.2, 0) is 15.3 Å². The highest BCUT2D eigenvalue weighted by atomic mass is 32.2. The van der Waals surface area contributed by atoms with Crippen molar-refractivity contribution in [2.75, 3.05) is 18.6 Å². The van der Waals surface area contributed by atoms with Crippen molar-refractivity contribution in [3.63, 3.8) is 0 Å². The Morgan fingerprint density at radius 1 is 1.00 bits per heavy atom. The largest absolute Gasteiger partial charge is 0.507 e. The lowest BCUT2D eigenvalue weighted by Gasteiger charge is -2.23. The molecule has 8 nitrogen and oxygen atoms in total. The van der Waals surface area contributed by atoms with Gasteiger partial charge in [-0.15, -0.1) is 10.2 Å². The van der Waals surface area contributed by atoms with E-state index in [4.69, 9.17) is 9.47 Å². The normalized spacial score (nSPS) is 15.8. The third kappa shape index (κ3) is 6.65. The van der Waals surface area contributed by atoms with Gasteiger partial charge in [-0.3, -0.25) is 14.5 Å². The zero-order chi connectivity index (χ0) is 33.8. The molecule has 1 aromatic heterocycles. The highest BCUT2D eigenvalue weighted by Crippen LogP contribution is 2.46. The number of aliphatic hydroxyl groups excluding tert-OH is 1. The minimum Gasteiger partial charge on any atom is -0.507 e. The van der Waals surface area contributed by atoms with Crippen LogP contribution in [0.15, 0.2) is 88.8 Å². The summed E-state index contributed by atoms with van der Waals surface area (Å²) in [6, 6.07) is 22.5. The number of aliphatic hydroxyl groups is 1. The number of aryl methyl sites for hydroxylation is 1. The van der Waals surface area contributed by atoms with Gasteiger partial charge in [0.1, 0.15) is 11.6 Å². The molecule has 5 aromatic rings. The third-order valence-corrected chi connectivity index (χ3v) is 10.3. The number of unbranched alkanes of at least 4 members (excludes halogenated alkanes) is 2. The topological polar surface area (TPSA) is 102 Å². The van der Waals surface area contributed by atoms with Crippen molar-refractivity contribution in [1.82, 2.24) is 10.2 Å². The molecule has 1 aliphatic rings. The quantitative estimate of drug-likeness (QED) is 0.0348.